The molecule has 0 bridgehead atoms. The first-order valence-corrected chi connectivity index (χ1v) is 15.4. The Bertz CT molecular complexity index is 1740. The van der Waals surface area contributed by atoms with Crippen molar-refractivity contribution in [1.82, 2.24) is 15.2 Å². The van der Waals surface area contributed by atoms with Gasteiger partial charge < -0.3 is 15.0 Å². The molecular weight excluding hydrogens is 622 g/mol. The summed E-state index contributed by atoms with van der Waals surface area (Å²) in [4.78, 5) is 45.0. The van der Waals surface area contributed by atoms with Gasteiger partial charge in [0.05, 0.1) is 22.9 Å². The Morgan fingerprint density at radius 3 is 2.33 bits per heavy atom. The second-order valence-corrected chi connectivity index (χ2v) is 11.4. The van der Waals surface area contributed by atoms with Crippen LogP contribution in [0.3, 0.4) is 0 Å². The third kappa shape index (κ3) is 7.68. The Morgan fingerprint density at radius 1 is 1.00 bits per heavy atom. The molecule has 1 aliphatic heterocycles. The Morgan fingerprint density at radius 2 is 1.67 bits per heavy atom. The fourth-order valence-electron chi connectivity index (χ4n) is 5.15. The van der Waals surface area contributed by atoms with E-state index in [0.29, 0.717) is 48.2 Å². The van der Waals surface area contributed by atoms with Crippen molar-refractivity contribution < 1.29 is 36.7 Å². The van der Waals surface area contributed by atoms with Gasteiger partial charge >= 0.3 is 12.1 Å². The topological polar surface area (TPSA) is 88.6 Å². The lowest BCUT2D eigenvalue weighted by Gasteiger charge is -2.31. The number of halogens is 4. The fraction of sp³-hybridized carbons (Fsp3) is 0.235. The van der Waals surface area contributed by atoms with Crippen LogP contribution in [0, 0.1) is 5.82 Å². The zero-order valence-corrected chi connectivity index (χ0v) is 25.5. The van der Waals surface area contributed by atoms with Crippen molar-refractivity contribution in [3.63, 3.8) is 0 Å². The minimum atomic E-state index is -4.45. The van der Waals surface area contributed by atoms with Gasteiger partial charge in [-0.3, -0.25) is 9.59 Å². The monoisotopic (exact) mass is 651 g/mol. The standard InChI is InChI=1S/C34H29F4N3O4S/c1-2-45-30(42)19-28(22-9-13-25(35)14-10-22)39-31(43)29-20-46-32(40-29)23-15-17-41(18-16-23)33(44)27-6-4-3-5-26(27)21-7-11-24(12-8-21)34(36,37)38/h3-14,19-20,23H,2,15-18H2,1H3,(H,39,43)/b28-19+. The van der Waals surface area contributed by atoms with Gasteiger partial charge in [0, 0.05) is 36.0 Å². The van der Waals surface area contributed by atoms with Crippen LogP contribution in [0.2, 0.25) is 0 Å². The predicted octanol–water partition coefficient (Wildman–Crippen LogP) is 7.32. The molecule has 0 radical (unpaired) electrons. The van der Waals surface area contributed by atoms with E-state index in [1.54, 1.807) is 41.5 Å². The number of nitrogens with one attached hydrogen (secondary N) is 1. The van der Waals surface area contributed by atoms with E-state index < -0.39 is 29.4 Å². The molecule has 0 aliphatic carbocycles. The molecule has 1 fully saturated rings. The second kappa shape index (κ2) is 14.1. The van der Waals surface area contributed by atoms with Gasteiger partial charge in [-0.1, -0.05) is 30.3 Å². The maximum atomic E-state index is 13.5. The lowest BCUT2D eigenvalue weighted by atomic mass is 9.94. The third-order valence-electron chi connectivity index (χ3n) is 7.52. The first-order valence-electron chi connectivity index (χ1n) is 14.5. The number of ether oxygens (including phenoxy) is 1. The van der Waals surface area contributed by atoms with Gasteiger partial charge in [-0.25, -0.2) is 14.2 Å². The van der Waals surface area contributed by atoms with E-state index in [1.165, 1.54) is 47.7 Å². The Hall–Kier alpha value is -4.84. The quantitative estimate of drug-likeness (QED) is 0.123. The first kappa shape index (κ1) is 32.6. The largest absolute Gasteiger partial charge is 0.463 e. The summed E-state index contributed by atoms with van der Waals surface area (Å²) in [5, 5.41) is 5.03. The lowest BCUT2D eigenvalue weighted by Crippen LogP contribution is -2.38. The number of hydrogen-bond donors (Lipinski definition) is 1. The highest BCUT2D eigenvalue weighted by Crippen LogP contribution is 2.34. The van der Waals surface area contributed by atoms with Crippen LogP contribution in [0.25, 0.3) is 16.8 Å². The van der Waals surface area contributed by atoms with Gasteiger partial charge in [0.25, 0.3) is 11.8 Å². The van der Waals surface area contributed by atoms with Crippen molar-refractivity contribution in [2.75, 3.05) is 19.7 Å². The van der Waals surface area contributed by atoms with Crippen molar-refractivity contribution in [1.29, 1.82) is 0 Å². The maximum Gasteiger partial charge on any atom is 0.416 e. The van der Waals surface area contributed by atoms with Gasteiger partial charge in [-0.05, 0) is 78.9 Å². The Labute approximate surface area is 266 Å². The number of esters is 1. The first-order chi connectivity index (χ1) is 22.0. The summed E-state index contributed by atoms with van der Waals surface area (Å²) in [5.41, 5.74) is 1.42. The van der Waals surface area contributed by atoms with E-state index in [-0.39, 0.29) is 29.8 Å². The number of hydrogen-bond acceptors (Lipinski definition) is 6. The molecule has 46 heavy (non-hydrogen) atoms. The van der Waals surface area contributed by atoms with Crippen LogP contribution < -0.4 is 5.32 Å². The van der Waals surface area contributed by atoms with E-state index in [1.807, 2.05) is 0 Å². The Balaban J connectivity index is 1.24. The number of alkyl halides is 3. The average Bonchev–Trinajstić information content (AvgIpc) is 3.55. The van der Waals surface area contributed by atoms with Crippen molar-refractivity contribution in [3.8, 4) is 11.1 Å². The summed E-state index contributed by atoms with van der Waals surface area (Å²) in [5.74, 6) is -1.88. The molecule has 5 rings (SSSR count). The average molecular weight is 652 g/mol. The van der Waals surface area contributed by atoms with Gasteiger partial charge in [0.15, 0.2) is 0 Å². The number of carbonyl (C=O) groups excluding carboxylic acids is 3. The van der Waals surface area contributed by atoms with E-state index >= 15 is 0 Å². The minimum Gasteiger partial charge on any atom is -0.463 e. The molecule has 7 nitrogen and oxygen atoms in total. The SMILES string of the molecule is CCOC(=O)/C=C(/NC(=O)c1csc(C2CCN(C(=O)c3ccccc3-c3ccc(C(F)(F)F)cc3)CC2)n1)c1ccc(F)cc1. The molecular formula is C34H29F4N3O4S. The minimum absolute atomic E-state index is 0.00685. The normalized spacial score (nSPS) is 14.2. The molecule has 1 aromatic heterocycles. The molecule has 0 atom stereocenters. The molecule has 2 heterocycles. The van der Waals surface area contributed by atoms with Gasteiger partial charge in [-0.2, -0.15) is 13.2 Å². The van der Waals surface area contributed by atoms with Gasteiger partial charge in [-0.15, -0.1) is 11.3 Å². The Kier molecular flexibility index (Phi) is 9.96. The number of likely N-dealkylation sites (tertiary alicyclic amines) is 1. The molecule has 1 N–H and O–H groups in total. The number of amides is 2. The van der Waals surface area contributed by atoms with Crippen LogP contribution in [0.5, 0.6) is 0 Å². The zero-order valence-electron chi connectivity index (χ0n) is 24.6. The van der Waals surface area contributed by atoms with E-state index in [4.69, 9.17) is 4.74 Å². The summed E-state index contributed by atoms with van der Waals surface area (Å²) in [7, 11) is 0. The summed E-state index contributed by atoms with van der Waals surface area (Å²) in [6, 6.07) is 16.9. The highest BCUT2D eigenvalue weighted by atomic mass is 32.1. The number of thiazole rings is 1. The summed E-state index contributed by atoms with van der Waals surface area (Å²) < 4.78 is 57.6. The molecule has 1 saturated heterocycles. The molecule has 0 unspecified atom stereocenters. The van der Waals surface area contributed by atoms with Crippen LogP contribution in [0.15, 0.2) is 84.3 Å². The van der Waals surface area contributed by atoms with Crippen molar-refractivity contribution >= 4 is 34.8 Å². The summed E-state index contributed by atoms with van der Waals surface area (Å²) in [6.07, 6.45) is -2.11. The highest BCUT2D eigenvalue weighted by molar-refractivity contribution is 7.09. The molecule has 0 saturated carbocycles. The molecule has 4 aromatic rings. The summed E-state index contributed by atoms with van der Waals surface area (Å²) in [6.45, 7) is 2.67. The van der Waals surface area contributed by atoms with Crippen LogP contribution in [0.4, 0.5) is 17.6 Å². The molecule has 238 valence electrons. The number of nitrogens with zero attached hydrogens (tertiary/aromatic N) is 2. The number of benzene rings is 3. The molecule has 1 aliphatic rings. The van der Waals surface area contributed by atoms with Crippen molar-refractivity contribution in [2.45, 2.75) is 31.9 Å². The van der Waals surface area contributed by atoms with Gasteiger partial charge in [0.2, 0.25) is 0 Å². The molecule has 3 aromatic carbocycles. The third-order valence-corrected chi connectivity index (χ3v) is 8.53. The van der Waals surface area contributed by atoms with Crippen LogP contribution >= 0.6 is 11.3 Å². The second-order valence-electron chi connectivity index (χ2n) is 10.5. The maximum absolute atomic E-state index is 13.5. The number of piperidine rings is 1. The van der Waals surface area contributed by atoms with E-state index in [0.717, 1.165) is 23.2 Å². The van der Waals surface area contributed by atoms with Crippen molar-refractivity contribution in [3.05, 3.63) is 117 Å². The lowest BCUT2D eigenvalue weighted by molar-refractivity contribution is -0.138. The van der Waals surface area contributed by atoms with E-state index in [2.05, 4.69) is 10.3 Å². The fourth-order valence-corrected chi connectivity index (χ4v) is 6.12. The summed E-state index contributed by atoms with van der Waals surface area (Å²) >= 11 is 1.32. The molecule has 12 heteroatoms. The van der Waals surface area contributed by atoms with E-state index in [9.17, 15) is 31.9 Å². The number of carbonyl (C=O) groups is 3. The van der Waals surface area contributed by atoms with Crippen LogP contribution in [0.1, 0.15) is 62.7 Å². The van der Waals surface area contributed by atoms with Gasteiger partial charge in [0.1, 0.15) is 11.5 Å². The predicted molar refractivity (Wildman–Crippen MR) is 165 cm³/mol. The zero-order chi connectivity index (χ0) is 32.8. The highest BCUT2D eigenvalue weighted by Gasteiger charge is 2.31. The number of aromatic nitrogens is 1. The van der Waals surface area contributed by atoms with Crippen molar-refractivity contribution in [2.24, 2.45) is 0 Å². The molecule has 2 amide bonds. The smallest absolute Gasteiger partial charge is 0.416 e. The van der Waals surface area contributed by atoms with Crippen LogP contribution in [-0.2, 0) is 15.7 Å². The molecule has 0 spiro atoms. The van der Waals surface area contributed by atoms with Crippen LogP contribution in [-0.4, -0.2) is 47.4 Å². The number of rotatable bonds is 8.